The molecule has 9 heteroatoms. The van der Waals surface area contributed by atoms with E-state index in [4.69, 9.17) is 4.74 Å². The highest BCUT2D eigenvalue weighted by molar-refractivity contribution is 7.89. The van der Waals surface area contributed by atoms with Gasteiger partial charge in [-0.3, -0.25) is 4.79 Å². The molecule has 0 unspecified atom stereocenters. The van der Waals surface area contributed by atoms with Gasteiger partial charge in [0, 0.05) is 23.5 Å². The first-order valence-electron chi connectivity index (χ1n) is 8.04. The largest absolute Gasteiger partial charge is 0.379 e. The fourth-order valence-electron chi connectivity index (χ4n) is 2.46. The number of thiophene rings is 1. The van der Waals surface area contributed by atoms with Crippen molar-refractivity contribution in [1.82, 2.24) is 9.73 Å². The number of carbonyl (C=O) groups is 1. The molecule has 1 saturated heterocycles. The van der Waals surface area contributed by atoms with Crippen LogP contribution < -0.4 is 5.43 Å². The number of carbonyl (C=O) groups excluding carboxylic acids is 1. The summed E-state index contributed by atoms with van der Waals surface area (Å²) < 4.78 is 31.9. The monoisotopic (exact) mass is 393 g/mol. The van der Waals surface area contributed by atoms with Gasteiger partial charge in [-0.2, -0.15) is 9.41 Å². The maximum atomic E-state index is 12.7. The van der Waals surface area contributed by atoms with Gasteiger partial charge in [0.1, 0.15) is 0 Å². The van der Waals surface area contributed by atoms with Gasteiger partial charge in [0.15, 0.2) is 0 Å². The van der Waals surface area contributed by atoms with Gasteiger partial charge in [0.25, 0.3) is 5.91 Å². The lowest BCUT2D eigenvalue weighted by molar-refractivity contribution is 0.0730. The summed E-state index contributed by atoms with van der Waals surface area (Å²) in [5, 5.41) is 5.89. The highest BCUT2D eigenvalue weighted by atomic mass is 32.2. The lowest BCUT2D eigenvalue weighted by Crippen LogP contribution is -2.40. The molecule has 0 aliphatic carbocycles. The number of hydrogen-bond acceptors (Lipinski definition) is 6. The summed E-state index contributed by atoms with van der Waals surface area (Å²) in [5.74, 6) is -0.463. The van der Waals surface area contributed by atoms with Gasteiger partial charge in [-0.25, -0.2) is 13.8 Å². The Labute approximate surface area is 156 Å². The van der Waals surface area contributed by atoms with Crippen LogP contribution in [0.5, 0.6) is 0 Å². The number of aryl methyl sites for hydroxylation is 1. The number of sulfonamides is 1. The maximum absolute atomic E-state index is 12.7. The Balaban J connectivity index is 1.73. The van der Waals surface area contributed by atoms with Gasteiger partial charge in [-0.05, 0) is 42.1 Å². The zero-order valence-electron chi connectivity index (χ0n) is 14.2. The highest BCUT2D eigenvalue weighted by Gasteiger charge is 2.26. The standard InChI is InChI=1S/C17H19N3O4S2/c1-13-5-10-25-16(13)12-18-19-17(21)14-3-2-4-15(11-14)26(22,23)20-6-8-24-9-7-20/h2-5,10-12H,6-9H2,1H3,(H,19,21). The molecular formula is C17H19N3O4S2. The van der Waals surface area contributed by atoms with E-state index in [1.165, 1.54) is 27.8 Å². The molecule has 26 heavy (non-hydrogen) atoms. The van der Waals surface area contributed by atoms with Crippen LogP contribution in [0.3, 0.4) is 0 Å². The Kier molecular flexibility index (Phi) is 5.82. The zero-order valence-corrected chi connectivity index (χ0v) is 15.8. The molecule has 0 spiro atoms. The van der Waals surface area contributed by atoms with Crippen molar-refractivity contribution >= 4 is 33.5 Å². The minimum absolute atomic E-state index is 0.0881. The van der Waals surface area contributed by atoms with Crippen molar-refractivity contribution in [2.24, 2.45) is 5.10 Å². The number of rotatable bonds is 5. The van der Waals surface area contributed by atoms with Crippen molar-refractivity contribution in [3.8, 4) is 0 Å². The van der Waals surface area contributed by atoms with Crippen LogP contribution in [0.1, 0.15) is 20.8 Å². The number of nitrogens with one attached hydrogen (secondary N) is 1. The molecule has 2 aromatic rings. The SMILES string of the molecule is Cc1ccsc1C=NNC(=O)c1cccc(S(=O)(=O)N2CCOCC2)c1. The predicted molar refractivity (Wildman–Crippen MR) is 100 cm³/mol. The minimum Gasteiger partial charge on any atom is -0.379 e. The lowest BCUT2D eigenvalue weighted by Gasteiger charge is -2.26. The quantitative estimate of drug-likeness (QED) is 0.620. The summed E-state index contributed by atoms with van der Waals surface area (Å²) in [4.78, 5) is 13.3. The summed E-state index contributed by atoms with van der Waals surface area (Å²) in [7, 11) is -3.64. The van der Waals surface area contributed by atoms with Gasteiger partial charge < -0.3 is 4.74 Å². The normalized spacial score (nSPS) is 16.0. The van der Waals surface area contributed by atoms with Crippen LogP contribution in [-0.4, -0.2) is 51.1 Å². The van der Waals surface area contributed by atoms with Crippen LogP contribution >= 0.6 is 11.3 Å². The number of ether oxygens (including phenoxy) is 1. The molecule has 1 aliphatic heterocycles. The van der Waals surface area contributed by atoms with E-state index in [2.05, 4.69) is 10.5 Å². The molecule has 0 bridgehead atoms. The maximum Gasteiger partial charge on any atom is 0.271 e. The Hall–Kier alpha value is -2.07. The highest BCUT2D eigenvalue weighted by Crippen LogP contribution is 2.18. The van der Waals surface area contributed by atoms with E-state index in [0.717, 1.165) is 10.4 Å². The van der Waals surface area contributed by atoms with E-state index in [9.17, 15) is 13.2 Å². The van der Waals surface area contributed by atoms with Crippen LogP contribution in [-0.2, 0) is 14.8 Å². The van der Waals surface area contributed by atoms with Crippen molar-refractivity contribution in [2.45, 2.75) is 11.8 Å². The average Bonchev–Trinajstić information content (AvgIpc) is 3.07. The van der Waals surface area contributed by atoms with Crippen molar-refractivity contribution in [2.75, 3.05) is 26.3 Å². The fourth-order valence-corrected chi connectivity index (χ4v) is 4.71. The van der Waals surface area contributed by atoms with Crippen molar-refractivity contribution in [3.05, 3.63) is 51.7 Å². The number of hydrazone groups is 1. The number of amides is 1. The van der Waals surface area contributed by atoms with Gasteiger partial charge in [-0.1, -0.05) is 6.07 Å². The number of morpholine rings is 1. The summed E-state index contributed by atoms with van der Waals surface area (Å²) >= 11 is 1.52. The molecule has 3 rings (SSSR count). The second kappa shape index (κ2) is 8.09. The van der Waals surface area contributed by atoms with Crippen molar-refractivity contribution in [1.29, 1.82) is 0 Å². The van der Waals surface area contributed by atoms with E-state index < -0.39 is 15.9 Å². The third-order valence-corrected chi connectivity index (χ3v) is 6.80. The van der Waals surface area contributed by atoms with Gasteiger partial charge in [0.2, 0.25) is 10.0 Å². The van der Waals surface area contributed by atoms with Crippen LogP contribution in [0.15, 0.2) is 45.7 Å². The van der Waals surface area contributed by atoms with E-state index in [1.807, 2.05) is 18.4 Å². The Morgan fingerprint density at radius 1 is 1.31 bits per heavy atom. The molecule has 7 nitrogen and oxygen atoms in total. The molecule has 0 saturated carbocycles. The third-order valence-electron chi connectivity index (χ3n) is 3.95. The van der Waals surface area contributed by atoms with E-state index >= 15 is 0 Å². The van der Waals surface area contributed by atoms with Crippen LogP contribution in [0, 0.1) is 6.92 Å². The topological polar surface area (TPSA) is 88.1 Å². The Morgan fingerprint density at radius 2 is 2.08 bits per heavy atom. The molecule has 0 radical (unpaired) electrons. The van der Waals surface area contributed by atoms with Crippen molar-refractivity contribution in [3.63, 3.8) is 0 Å². The van der Waals surface area contributed by atoms with Crippen LogP contribution in [0.2, 0.25) is 0 Å². The molecule has 1 fully saturated rings. The third kappa shape index (κ3) is 4.18. The van der Waals surface area contributed by atoms with E-state index in [-0.39, 0.29) is 10.5 Å². The smallest absolute Gasteiger partial charge is 0.271 e. The van der Waals surface area contributed by atoms with Crippen LogP contribution in [0.4, 0.5) is 0 Å². The van der Waals surface area contributed by atoms with Crippen molar-refractivity contribution < 1.29 is 17.9 Å². The average molecular weight is 393 g/mol. The number of hydrogen-bond donors (Lipinski definition) is 1. The molecule has 138 valence electrons. The number of nitrogens with zero attached hydrogens (tertiary/aromatic N) is 2. The summed E-state index contributed by atoms with van der Waals surface area (Å²) in [5.41, 5.74) is 3.74. The molecule has 1 aromatic carbocycles. The van der Waals surface area contributed by atoms with Gasteiger partial charge in [0.05, 0.1) is 24.3 Å². The molecule has 1 aromatic heterocycles. The Bertz CT molecular complexity index is 916. The van der Waals surface area contributed by atoms with Crippen LogP contribution in [0.25, 0.3) is 0 Å². The summed E-state index contributed by atoms with van der Waals surface area (Å²) in [6, 6.07) is 7.93. The molecule has 1 N–H and O–H groups in total. The first-order chi connectivity index (χ1) is 12.5. The second-order valence-electron chi connectivity index (χ2n) is 5.71. The number of benzene rings is 1. The Morgan fingerprint density at radius 3 is 2.77 bits per heavy atom. The second-order valence-corrected chi connectivity index (χ2v) is 8.60. The molecule has 0 atom stereocenters. The first kappa shape index (κ1) is 18.7. The lowest BCUT2D eigenvalue weighted by atomic mass is 10.2. The zero-order chi connectivity index (χ0) is 18.6. The summed E-state index contributed by atoms with van der Waals surface area (Å²) in [6.07, 6.45) is 1.58. The molecular weight excluding hydrogens is 374 g/mol. The molecule has 2 heterocycles. The predicted octanol–water partition coefficient (Wildman–Crippen LogP) is 1.84. The molecule has 1 amide bonds. The van der Waals surface area contributed by atoms with E-state index in [1.54, 1.807) is 18.3 Å². The fraction of sp³-hybridized carbons (Fsp3) is 0.294. The van der Waals surface area contributed by atoms with E-state index in [0.29, 0.717) is 26.3 Å². The van der Waals surface area contributed by atoms with Gasteiger partial charge >= 0.3 is 0 Å². The van der Waals surface area contributed by atoms with Gasteiger partial charge in [-0.15, -0.1) is 11.3 Å². The summed E-state index contributed by atoms with van der Waals surface area (Å²) in [6.45, 7) is 3.32. The minimum atomic E-state index is -3.64. The molecule has 1 aliphatic rings. The first-order valence-corrected chi connectivity index (χ1v) is 10.4.